The van der Waals surface area contributed by atoms with Gasteiger partial charge in [0.2, 0.25) is 0 Å². The molecule has 0 fully saturated rings. The summed E-state index contributed by atoms with van der Waals surface area (Å²) in [6, 6.07) is 7.00. The van der Waals surface area contributed by atoms with Crippen LogP contribution < -0.4 is 10.1 Å². The van der Waals surface area contributed by atoms with Gasteiger partial charge in [-0.05, 0) is 25.1 Å². The normalized spacial score (nSPS) is 11.1. The van der Waals surface area contributed by atoms with E-state index in [-0.39, 0.29) is 17.4 Å². The number of hydrogen-bond acceptors (Lipinski definition) is 3. The Bertz CT molecular complexity index is 610. The topological polar surface area (TPSA) is 34.4 Å². The van der Waals surface area contributed by atoms with Crippen LogP contribution in [0.5, 0.6) is 5.75 Å². The van der Waals surface area contributed by atoms with E-state index in [0.717, 1.165) is 17.1 Å². The lowest BCUT2D eigenvalue weighted by Crippen LogP contribution is -2.21. The average Bonchev–Trinajstić information content (AvgIpc) is 2.79. The molecule has 3 nitrogen and oxygen atoms in total. The Morgan fingerprint density at radius 1 is 1.38 bits per heavy atom. The van der Waals surface area contributed by atoms with Gasteiger partial charge in [-0.2, -0.15) is 0 Å². The summed E-state index contributed by atoms with van der Waals surface area (Å²) >= 11 is 5.72. The monoisotopic (exact) mass is 311 g/mol. The molecule has 1 heterocycles. The van der Waals surface area contributed by atoms with Crippen LogP contribution in [0, 0.1) is 12.7 Å². The van der Waals surface area contributed by atoms with Crippen molar-refractivity contribution in [2.75, 3.05) is 0 Å². The lowest BCUT2D eigenvalue weighted by atomic mass is 10.2. The van der Waals surface area contributed by atoms with E-state index in [1.165, 1.54) is 6.07 Å². The summed E-state index contributed by atoms with van der Waals surface area (Å²) in [5, 5.41) is 3.33. The SMILES string of the molecule is Cc1oc(CNC(C)C)cc1COc1cccc(Cl)c1F. The maximum Gasteiger partial charge on any atom is 0.183 e. The molecule has 21 heavy (non-hydrogen) atoms. The third kappa shape index (κ3) is 4.22. The van der Waals surface area contributed by atoms with Crippen molar-refractivity contribution in [2.24, 2.45) is 0 Å². The maximum absolute atomic E-state index is 13.7. The molecular formula is C16H19ClFNO2. The Kier molecular flexibility index (Phi) is 5.26. The van der Waals surface area contributed by atoms with E-state index in [1.54, 1.807) is 12.1 Å². The minimum Gasteiger partial charge on any atom is -0.486 e. The molecule has 0 unspecified atom stereocenters. The van der Waals surface area contributed by atoms with Gasteiger partial charge in [-0.3, -0.25) is 0 Å². The van der Waals surface area contributed by atoms with E-state index in [0.29, 0.717) is 12.6 Å². The maximum atomic E-state index is 13.7. The van der Waals surface area contributed by atoms with Gasteiger partial charge >= 0.3 is 0 Å². The van der Waals surface area contributed by atoms with Crippen molar-refractivity contribution in [3.8, 4) is 5.75 Å². The van der Waals surface area contributed by atoms with Crippen molar-refractivity contribution in [3.05, 3.63) is 52.2 Å². The molecule has 2 rings (SSSR count). The highest BCUT2D eigenvalue weighted by Gasteiger charge is 2.11. The molecule has 0 radical (unpaired) electrons. The standard InChI is InChI=1S/C16H19ClFNO2/c1-10(2)19-8-13-7-12(11(3)21-13)9-20-15-6-4-5-14(17)16(15)18/h4-7,10,19H,8-9H2,1-3H3. The Balaban J connectivity index is 2.01. The molecule has 114 valence electrons. The molecule has 5 heteroatoms. The second kappa shape index (κ2) is 6.96. The summed E-state index contributed by atoms with van der Waals surface area (Å²) in [6.45, 7) is 6.91. The van der Waals surface area contributed by atoms with E-state index >= 15 is 0 Å². The Hall–Kier alpha value is -1.52. The molecule has 0 atom stereocenters. The van der Waals surface area contributed by atoms with Gasteiger partial charge in [0.05, 0.1) is 11.6 Å². The second-order valence-corrected chi connectivity index (χ2v) is 5.58. The zero-order valence-corrected chi connectivity index (χ0v) is 13.1. The fourth-order valence-electron chi connectivity index (χ4n) is 1.87. The van der Waals surface area contributed by atoms with E-state index in [9.17, 15) is 4.39 Å². The molecule has 0 amide bonds. The average molecular weight is 312 g/mol. The molecule has 0 bridgehead atoms. The fourth-order valence-corrected chi connectivity index (χ4v) is 2.04. The minimum absolute atomic E-state index is 0.0539. The number of halogens is 2. The van der Waals surface area contributed by atoms with Crippen molar-refractivity contribution in [1.29, 1.82) is 0 Å². The lowest BCUT2D eigenvalue weighted by Gasteiger charge is -2.07. The predicted octanol–water partition coefficient (Wildman–Crippen LogP) is 4.46. The molecule has 1 N–H and O–H groups in total. The van der Waals surface area contributed by atoms with Crippen molar-refractivity contribution in [2.45, 2.75) is 40.0 Å². The highest BCUT2D eigenvalue weighted by Crippen LogP contribution is 2.25. The molecule has 0 saturated heterocycles. The molecule has 0 aliphatic carbocycles. The molecule has 0 spiro atoms. The number of furan rings is 1. The first kappa shape index (κ1) is 15.9. The van der Waals surface area contributed by atoms with Crippen molar-refractivity contribution in [1.82, 2.24) is 5.32 Å². The summed E-state index contributed by atoms with van der Waals surface area (Å²) < 4.78 is 24.9. The molecule has 0 aliphatic rings. The Labute approximate surface area is 129 Å². The molecular weight excluding hydrogens is 293 g/mol. The van der Waals surface area contributed by atoms with Crippen LogP contribution in [0.4, 0.5) is 4.39 Å². The van der Waals surface area contributed by atoms with Crippen LogP contribution in [0.1, 0.15) is 30.9 Å². The predicted molar refractivity (Wildman–Crippen MR) is 81.2 cm³/mol. The van der Waals surface area contributed by atoms with Crippen molar-refractivity contribution < 1.29 is 13.5 Å². The first-order valence-corrected chi connectivity index (χ1v) is 7.23. The number of benzene rings is 1. The van der Waals surface area contributed by atoms with Crippen LogP contribution in [-0.4, -0.2) is 6.04 Å². The molecule has 0 aliphatic heterocycles. The lowest BCUT2D eigenvalue weighted by molar-refractivity contribution is 0.287. The van der Waals surface area contributed by atoms with Gasteiger partial charge in [-0.25, -0.2) is 4.39 Å². The van der Waals surface area contributed by atoms with E-state index < -0.39 is 5.82 Å². The van der Waals surface area contributed by atoms with Gasteiger partial charge < -0.3 is 14.5 Å². The zero-order valence-electron chi connectivity index (χ0n) is 12.4. The zero-order chi connectivity index (χ0) is 15.4. The van der Waals surface area contributed by atoms with Crippen molar-refractivity contribution >= 4 is 11.6 Å². The van der Waals surface area contributed by atoms with Gasteiger partial charge in [0.15, 0.2) is 11.6 Å². The highest BCUT2D eigenvalue weighted by atomic mass is 35.5. The summed E-state index contributed by atoms with van der Waals surface area (Å²) in [6.07, 6.45) is 0. The Morgan fingerprint density at radius 2 is 2.14 bits per heavy atom. The molecule has 1 aromatic heterocycles. The van der Waals surface area contributed by atoms with E-state index in [1.807, 2.05) is 13.0 Å². The summed E-state index contributed by atoms with van der Waals surface area (Å²) in [5.41, 5.74) is 0.898. The molecule has 0 saturated carbocycles. The van der Waals surface area contributed by atoms with Crippen LogP contribution >= 0.6 is 11.6 Å². The fraction of sp³-hybridized carbons (Fsp3) is 0.375. The van der Waals surface area contributed by atoms with Crippen LogP contribution in [-0.2, 0) is 13.2 Å². The summed E-state index contributed by atoms with van der Waals surface area (Å²) in [4.78, 5) is 0. The van der Waals surface area contributed by atoms with Crippen LogP contribution in [0.2, 0.25) is 5.02 Å². The second-order valence-electron chi connectivity index (χ2n) is 5.17. The van der Waals surface area contributed by atoms with Gasteiger partial charge in [0.1, 0.15) is 18.1 Å². The molecule has 2 aromatic rings. The van der Waals surface area contributed by atoms with E-state index in [4.69, 9.17) is 20.8 Å². The third-order valence-corrected chi connectivity index (χ3v) is 3.35. The first-order valence-electron chi connectivity index (χ1n) is 6.85. The van der Waals surface area contributed by atoms with Gasteiger partial charge in [0, 0.05) is 11.6 Å². The first-order chi connectivity index (χ1) is 9.97. The Morgan fingerprint density at radius 3 is 2.86 bits per heavy atom. The van der Waals surface area contributed by atoms with Crippen LogP contribution in [0.15, 0.2) is 28.7 Å². The highest BCUT2D eigenvalue weighted by molar-refractivity contribution is 6.30. The quantitative estimate of drug-likeness (QED) is 0.855. The third-order valence-electron chi connectivity index (χ3n) is 3.06. The van der Waals surface area contributed by atoms with Gasteiger partial charge in [-0.15, -0.1) is 0 Å². The van der Waals surface area contributed by atoms with Gasteiger partial charge in [0.25, 0.3) is 0 Å². The number of hydrogen-bond donors (Lipinski definition) is 1. The number of rotatable bonds is 6. The van der Waals surface area contributed by atoms with Gasteiger partial charge in [-0.1, -0.05) is 31.5 Å². The molecule has 1 aromatic carbocycles. The van der Waals surface area contributed by atoms with E-state index in [2.05, 4.69) is 19.2 Å². The largest absolute Gasteiger partial charge is 0.486 e. The minimum atomic E-state index is -0.540. The van der Waals surface area contributed by atoms with Crippen LogP contribution in [0.3, 0.4) is 0 Å². The number of nitrogens with one attached hydrogen (secondary N) is 1. The van der Waals surface area contributed by atoms with Crippen LogP contribution in [0.25, 0.3) is 0 Å². The number of aryl methyl sites for hydroxylation is 1. The number of ether oxygens (including phenoxy) is 1. The van der Waals surface area contributed by atoms with Crippen molar-refractivity contribution in [3.63, 3.8) is 0 Å². The smallest absolute Gasteiger partial charge is 0.183 e. The summed E-state index contributed by atoms with van der Waals surface area (Å²) in [5.74, 6) is 1.22. The summed E-state index contributed by atoms with van der Waals surface area (Å²) in [7, 11) is 0.